The molecule has 1 aliphatic rings. The summed E-state index contributed by atoms with van der Waals surface area (Å²) >= 11 is 1.48. The molecule has 118 valence electrons. The second-order valence-electron chi connectivity index (χ2n) is 4.69. The molecule has 2 aromatic heterocycles. The third kappa shape index (κ3) is 3.48. The van der Waals surface area contributed by atoms with Crippen molar-refractivity contribution in [1.82, 2.24) is 15.1 Å². The second kappa shape index (κ2) is 7.42. The zero-order chi connectivity index (χ0) is 14.7. The number of aromatic nitrogens is 2. The lowest BCUT2D eigenvalue weighted by atomic mass is 10.3. The quantitative estimate of drug-likeness (QED) is 0.854. The van der Waals surface area contributed by atoms with E-state index in [4.69, 9.17) is 4.74 Å². The topological polar surface area (TPSA) is 58.6 Å². The summed E-state index contributed by atoms with van der Waals surface area (Å²) in [5.41, 5.74) is 0. The molecule has 8 heteroatoms. The number of ether oxygens (including phenoxy) is 1. The Kier molecular flexibility index (Phi) is 5.57. The van der Waals surface area contributed by atoms with E-state index < -0.39 is 0 Å². The molecule has 0 atom stereocenters. The van der Waals surface area contributed by atoms with Crippen LogP contribution in [-0.2, 0) is 0 Å². The minimum Gasteiger partial charge on any atom is -0.480 e. The molecule has 22 heavy (non-hydrogen) atoms. The van der Waals surface area contributed by atoms with E-state index in [0.29, 0.717) is 19.0 Å². The fourth-order valence-electron chi connectivity index (χ4n) is 2.29. The third-order valence-electron chi connectivity index (χ3n) is 3.46. The summed E-state index contributed by atoms with van der Waals surface area (Å²) in [6, 6.07) is 7.46. The molecule has 3 rings (SSSR count). The molecule has 1 amide bonds. The zero-order valence-electron chi connectivity index (χ0n) is 12.1. The van der Waals surface area contributed by atoms with E-state index in [1.807, 2.05) is 28.5 Å². The van der Waals surface area contributed by atoms with Gasteiger partial charge in [-0.05, 0) is 17.5 Å². The molecule has 0 spiro atoms. The molecule has 6 nitrogen and oxygen atoms in total. The van der Waals surface area contributed by atoms with Crippen molar-refractivity contribution in [2.45, 2.75) is 0 Å². The lowest BCUT2D eigenvalue weighted by molar-refractivity contribution is 0.0751. The highest BCUT2D eigenvalue weighted by atomic mass is 35.5. The molecule has 0 aromatic carbocycles. The highest BCUT2D eigenvalue weighted by Crippen LogP contribution is 2.17. The molecule has 1 saturated heterocycles. The normalized spacial score (nSPS) is 14.4. The highest BCUT2D eigenvalue weighted by molar-refractivity contribution is 7.12. The first-order chi connectivity index (χ1) is 10.3. The lowest BCUT2D eigenvalue weighted by Gasteiger charge is -2.34. The summed E-state index contributed by atoms with van der Waals surface area (Å²) < 4.78 is 5.00. The number of hydrogen-bond acceptors (Lipinski definition) is 6. The predicted molar refractivity (Wildman–Crippen MR) is 88.3 cm³/mol. The number of amides is 1. The molecule has 3 heterocycles. The Balaban J connectivity index is 0.00000176. The minimum absolute atomic E-state index is 0. The van der Waals surface area contributed by atoms with E-state index in [9.17, 15) is 4.79 Å². The minimum atomic E-state index is 0. The fourth-order valence-corrected chi connectivity index (χ4v) is 2.98. The predicted octanol–water partition coefficient (Wildman–Crippen LogP) is 1.93. The number of thiophene rings is 1. The van der Waals surface area contributed by atoms with Crippen LogP contribution in [0.2, 0.25) is 0 Å². The van der Waals surface area contributed by atoms with Crippen LogP contribution in [0.4, 0.5) is 5.82 Å². The first-order valence-electron chi connectivity index (χ1n) is 6.73. The van der Waals surface area contributed by atoms with E-state index in [1.54, 1.807) is 13.2 Å². The van der Waals surface area contributed by atoms with Gasteiger partial charge in [-0.1, -0.05) is 6.07 Å². The van der Waals surface area contributed by atoms with Crippen LogP contribution < -0.4 is 9.64 Å². The van der Waals surface area contributed by atoms with Gasteiger partial charge in [0.1, 0.15) is 0 Å². The van der Waals surface area contributed by atoms with E-state index >= 15 is 0 Å². The van der Waals surface area contributed by atoms with Crippen LogP contribution in [0.5, 0.6) is 5.88 Å². The van der Waals surface area contributed by atoms with Gasteiger partial charge in [0.05, 0.1) is 12.0 Å². The number of hydrogen-bond donors (Lipinski definition) is 0. The lowest BCUT2D eigenvalue weighted by Crippen LogP contribution is -2.48. The molecule has 2 aromatic rings. The Hall–Kier alpha value is -1.86. The van der Waals surface area contributed by atoms with Crippen LogP contribution in [0.1, 0.15) is 9.67 Å². The van der Waals surface area contributed by atoms with Gasteiger partial charge in [0, 0.05) is 32.2 Å². The van der Waals surface area contributed by atoms with Gasteiger partial charge in [-0.2, -0.15) is 0 Å². The molecule has 0 N–H and O–H groups in total. The van der Waals surface area contributed by atoms with Crippen molar-refractivity contribution in [1.29, 1.82) is 0 Å². The molecule has 1 fully saturated rings. The number of methoxy groups -OCH3 is 1. The Morgan fingerprint density at radius 3 is 2.50 bits per heavy atom. The molecule has 1 aliphatic heterocycles. The number of carbonyl (C=O) groups excluding carboxylic acids is 1. The van der Waals surface area contributed by atoms with Crippen LogP contribution in [0.25, 0.3) is 0 Å². The number of nitrogens with zero attached hydrogens (tertiary/aromatic N) is 4. The largest absolute Gasteiger partial charge is 0.480 e. The molecule has 0 saturated carbocycles. The van der Waals surface area contributed by atoms with Crippen LogP contribution in [0, 0.1) is 0 Å². The van der Waals surface area contributed by atoms with Crippen LogP contribution >= 0.6 is 23.7 Å². The third-order valence-corrected chi connectivity index (χ3v) is 4.32. The summed E-state index contributed by atoms with van der Waals surface area (Å²) in [6.45, 7) is 2.92. The number of rotatable bonds is 3. The van der Waals surface area contributed by atoms with Gasteiger partial charge >= 0.3 is 0 Å². The van der Waals surface area contributed by atoms with Gasteiger partial charge in [-0.15, -0.1) is 33.9 Å². The maximum atomic E-state index is 12.3. The molecule has 0 unspecified atom stereocenters. The van der Waals surface area contributed by atoms with Gasteiger partial charge in [-0.3, -0.25) is 4.79 Å². The number of anilines is 1. The number of carbonyl (C=O) groups is 1. The van der Waals surface area contributed by atoms with Crippen molar-refractivity contribution < 1.29 is 9.53 Å². The van der Waals surface area contributed by atoms with Crippen molar-refractivity contribution in [2.24, 2.45) is 0 Å². The summed E-state index contributed by atoms with van der Waals surface area (Å²) in [5, 5.41) is 10.0. The first kappa shape index (κ1) is 16.5. The van der Waals surface area contributed by atoms with E-state index in [0.717, 1.165) is 23.8 Å². The molecule has 0 bridgehead atoms. The maximum Gasteiger partial charge on any atom is 0.264 e. The Morgan fingerprint density at radius 1 is 1.18 bits per heavy atom. The number of halogens is 1. The van der Waals surface area contributed by atoms with Crippen molar-refractivity contribution in [3.63, 3.8) is 0 Å². The SMILES string of the molecule is COc1ccc(N2CCN(C(=O)c3cccs3)CC2)nn1.Cl. The van der Waals surface area contributed by atoms with Gasteiger partial charge < -0.3 is 14.5 Å². The number of piperazine rings is 1. The average Bonchev–Trinajstić information content (AvgIpc) is 3.09. The smallest absolute Gasteiger partial charge is 0.264 e. The highest BCUT2D eigenvalue weighted by Gasteiger charge is 2.23. The molecular weight excluding hydrogens is 324 g/mol. The molecular formula is C14H17ClN4O2S. The zero-order valence-corrected chi connectivity index (χ0v) is 13.8. The van der Waals surface area contributed by atoms with Crippen LogP contribution in [-0.4, -0.2) is 54.3 Å². The van der Waals surface area contributed by atoms with Crippen molar-refractivity contribution >= 4 is 35.5 Å². The Labute approximate surface area is 139 Å². The van der Waals surface area contributed by atoms with Gasteiger partial charge in [0.15, 0.2) is 5.82 Å². The van der Waals surface area contributed by atoms with Crippen molar-refractivity contribution in [2.75, 3.05) is 38.2 Å². The van der Waals surface area contributed by atoms with E-state index in [-0.39, 0.29) is 18.3 Å². The van der Waals surface area contributed by atoms with Crippen LogP contribution in [0.3, 0.4) is 0 Å². The summed E-state index contributed by atoms with van der Waals surface area (Å²) in [5.74, 6) is 1.44. The molecule has 0 aliphatic carbocycles. The van der Waals surface area contributed by atoms with Crippen LogP contribution in [0.15, 0.2) is 29.6 Å². The molecule has 0 radical (unpaired) electrons. The standard InChI is InChI=1S/C14H16N4O2S.ClH/c1-20-13-5-4-12(15-16-13)17-6-8-18(9-7-17)14(19)11-3-2-10-21-11;/h2-5,10H,6-9H2,1H3;1H. The van der Waals surface area contributed by atoms with Crippen molar-refractivity contribution in [3.05, 3.63) is 34.5 Å². The monoisotopic (exact) mass is 340 g/mol. The van der Waals surface area contributed by atoms with Gasteiger partial charge in [0.25, 0.3) is 5.91 Å². The fraction of sp³-hybridized carbons (Fsp3) is 0.357. The summed E-state index contributed by atoms with van der Waals surface area (Å²) in [4.78, 5) is 17.1. The van der Waals surface area contributed by atoms with E-state index in [2.05, 4.69) is 15.1 Å². The Bertz CT molecular complexity index is 598. The van der Waals surface area contributed by atoms with Gasteiger partial charge in [-0.25, -0.2) is 0 Å². The van der Waals surface area contributed by atoms with Crippen molar-refractivity contribution in [3.8, 4) is 5.88 Å². The van der Waals surface area contributed by atoms with Gasteiger partial charge in [0.2, 0.25) is 5.88 Å². The maximum absolute atomic E-state index is 12.3. The first-order valence-corrected chi connectivity index (χ1v) is 7.61. The summed E-state index contributed by atoms with van der Waals surface area (Å²) in [6.07, 6.45) is 0. The summed E-state index contributed by atoms with van der Waals surface area (Å²) in [7, 11) is 1.57. The Morgan fingerprint density at radius 2 is 1.95 bits per heavy atom. The van der Waals surface area contributed by atoms with E-state index in [1.165, 1.54) is 11.3 Å². The second-order valence-corrected chi connectivity index (χ2v) is 5.64. The average molecular weight is 341 g/mol.